The van der Waals surface area contributed by atoms with Crippen molar-refractivity contribution in [3.05, 3.63) is 41.9 Å². The Labute approximate surface area is 181 Å². The van der Waals surface area contributed by atoms with Gasteiger partial charge >= 0.3 is 0 Å². The lowest BCUT2D eigenvalue weighted by atomic mass is 10.1. The van der Waals surface area contributed by atoms with Crippen LogP contribution in [0.25, 0.3) is 5.65 Å². The van der Waals surface area contributed by atoms with E-state index < -0.39 is 0 Å². The summed E-state index contributed by atoms with van der Waals surface area (Å²) < 4.78 is 7.50. The highest BCUT2D eigenvalue weighted by molar-refractivity contribution is 6.05. The number of rotatable bonds is 6. The minimum Gasteiger partial charge on any atom is -0.493 e. The number of carbonyl (C=O) groups excluding carboxylic acids is 1. The number of aryl methyl sites for hydroxylation is 1. The molecule has 4 rings (SSSR count). The van der Waals surface area contributed by atoms with E-state index in [0.717, 1.165) is 36.7 Å². The van der Waals surface area contributed by atoms with Gasteiger partial charge in [-0.1, -0.05) is 6.92 Å². The minimum atomic E-state index is -0.305. The van der Waals surface area contributed by atoms with Crippen LogP contribution in [-0.4, -0.2) is 57.3 Å². The number of ether oxygens (including phenoxy) is 1. The first-order valence-corrected chi connectivity index (χ1v) is 10.7. The van der Waals surface area contributed by atoms with E-state index >= 15 is 0 Å². The number of hydrogen-bond donors (Lipinski definition) is 2. The molecule has 0 saturated carbocycles. The summed E-state index contributed by atoms with van der Waals surface area (Å²) in [6, 6.07) is 6.28. The lowest BCUT2D eigenvalue weighted by molar-refractivity contribution is 0.102. The van der Waals surface area contributed by atoms with Crippen molar-refractivity contribution in [3.8, 4) is 5.75 Å². The number of imidazole rings is 1. The third kappa shape index (κ3) is 4.61. The number of amides is 1. The van der Waals surface area contributed by atoms with Crippen LogP contribution < -0.4 is 20.3 Å². The molecule has 0 radical (unpaired) electrons. The van der Waals surface area contributed by atoms with E-state index in [1.54, 1.807) is 18.3 Å². The molecule has 2 unspecified atom stereocenters. The standard InChI is InChI=1S/C22H29N7O2/c1-5-16-12-28(10-14(3)23-16)20-8-7-19(26-27-20)25-22(30)17-13-29-11-15(4)24-21(29)9-18(17)31-6-2/h7-9,11,13-14,16,23H,5-6,10,12H2,1-4H3,(H,25,26,30). The molecule has 4 heterocycles. The van der Waals surface area contributed by atoms with Gasteiger partial charge in [0.25, 0.3) is 5.91 Å². The van der Waals surface area contributed by atoms with Crippen molar-refractivity contribution in [1.29, 1.82) is 0 Å². The van der Waals surface area contributed by atoms with Gasteiger partial charge in [-0.15, -0.1) is 10.2 Å². The molecule has 164 valence electrons. The molecule has 9 nitrogen and oxygen atoms in total. The van der Waals surface area contributed by atoms with E-state index in [-0.39, 0.29) is 5.91 Å². The Kier molecular flexibility index (Phi) is 6.03. The van der Waals surface area contributed by atoms with Crippen LogP contribution in [0.2, 0.25) is 0 Å². The fourth-order valence-corrected chi connectivity index (χ4v) is 3.95. The lowest BCUT2D eigenvalue weighted by Gasteiger charge is -2.37. The van der Waals surface area contributed by atoms with Gasteiger partial charge in [-0.2, -0.15) is 0 Å². The van der Waals surface area contributed by atoms with E-state index in [2.05, 4.69) is 44.6 Å². The number of anilines is 2. The topological polar surface area (TPSA) is 96.7 Å². The third-order valence-electron chi connectivity index (χ3n) is 5.38. The Morgan fingerprint density at radius 3 is 2.81 bits per heavy atom. The van der Waals surface area contributed by atoms with E-state index in [9.17, 15) is 4.79 Å². The Balaban J connectivity index is 1.51. The number of carbonyl (C=O) groups is 1. The second-order valence-corrected chi connectivity index (χ2v) is 7.94. The Morgan fingerprint density at radius 1 is 1.26 bits per heavy atom. The second kappa shape index (κ2) is 8.89. The number of fused-ring (bicyclic) bond motifs is 1. The zero-order valence-corrected chi connectivity index (χ0v) is 18.4. The van der Waals surface area contributed by atoms with Crippen LogP contribution in [0.4, 0.5) is 11.6 Å². The Hall–Kier alpha value is -3.20. The fourth-order valence-electron chi connectivity index (χ4n) is 3.95. The smallest absolute Gasteiger partial charge is 0.262 e. The van der Waals surface area contributed by atoms with Gasteiger partial charge in [0.15, 0.2) is 11.6 Å². The van der Waals surface area contributed by atoms with Gasteiger partial charge in [0.05, 0.1) is 17.9 Å². The van der Waals surface area contributed by atoms with Gasteiger partial charge in [-0.3, -0.25) is 4.79 Å². The largest absolute Gasteiger partial charge is 0.493 e. The summed E-state index contributed by atoms with van der Waals surface area (Å²) in [5, 5.41) is 15.0. The molecule has 3 aromatic rings. The SMILES string of the molecule is CCOc1cc2nc(C)cn2cc1C(=O)Nc1ccc(N2CC(C)NC(CC)C2)nn1. The molecule has 1 fully saturated rings. The average Bonchev–Trinajstić information content (AvgIpc) is 3.12. The quantitative estimate of drug-likeness (QED) is 0.629. The molecule has 1 aliphatic rings. The second-order valence-electron chi connectivity index (χ2n) is 7.94. The molecular weight excluding hydrogens is 394 g/mol. The van der Waals surface area contributed by atoms with Crippen LogP contribution in [0.15, 0.2) is 30.6 Å². The number of piperazine rings is 1. The van der Waals surface area contributed by atoms with E-state index in [1.807, 2.05) is 30.5 Å². The lowest BCUT2D eigenvalue weighted by Crippen LogP contribution is -2.55. The molecule has 2 atom stereocenters. The molecule has 0 bridgehead atoms. The molecule has 1 amide bonds. The first-order valence-electron chi connectivity index (χ1n) is 10.7. The maximum absolute atomic E-state index is 13.0. The highest BCUT2D eigenvalue weighted by Crippen LogP contribution is 2.23. The summed E-state index contributed by atoms with van der Waals surface area (Å²) in [6.45, 7) is 10.4. The molecule has 3 aromatic heterocycles. The number of nitrogens with one attached hydrogen (secondary N) is 2. The highest BCUT2D eigenvalue weighted by atomic mass is 16.5. The first kappa shape index (κ1) is 21.0. The normalized spacial score (nSPS) is 18.9. The summed E-state index contributed by atoms with van der Waals surface area (Å²) in [5.41, 5.74) is 2.02. The predicted octanol–water partition coefficient (Wildman–Crippen LogP) is 2.66. The maximum atomic E-state index is 13.0. The molecule has 9 heteroatoms. The summed E-state index contributed by atoms with van der Waals surface area (Å²) in [4.78, 5) is 19.6. The van der Waals surface area contributed by atoms with Crippen molar-refractivity contribution in [2.24, 2.45) is 0 Å². The number of pyridine rings is 1. The van der Waals surface area contributed by atoms with E-state index in [0.29, 0.717) is 35.8 Å². The summed E-state index contributed by atoms with van der Waals surface area (Å²) in [5.74, 6) is 1.40. The van der Waals surface area contributed by atoms with Gasteiger partial charge in [0, 0.05) is 43.6 Å². The van der Waals surface area contributed by atoms with Crippen molar-refractivity contribution in [1.82, 2.24) is 24.9 Å². The van der Waals surface area contributed by atoms with Crippen molar-refractivity contribution in [2.45, 2.75) is 46.2 Å². The molecule has 0 spiro atoms. The van der Waals surface area contributed by atoms with Crippen LogP contribution in [-0.2, 0) is 0 Å². The molecular formula is C22H29N7O2. The molecule has 0 aromatic carbocycles. The van der Waals surface area contributed by atoms with Crippen LogP contribution in [0.1, 0.15) is 43.2 Å². The van der Waals surface area contributed by atoms with Gasteiger partial charge in [-0.05, 0) is 39.3 Å². The molecule has 1 aliphatic heterocycles. The fraction of sp³-hybridized carbons (Fsp3) is 0.455. The number of nitrogens with zero attached hydrogens (tertiary/aromatic N) is 5. The van der Waals surface area contributed by atoms with E-state index in [4.69, 9.17) is 4.74 Å². The van der Waals surface area contributed by atoms with Crippen LogP contribution in [0.3, 0.4) is 0 Å². The van der Waals surface area contributed by atoms with Gasteiger partial charge in [0.2, 0.25) is 0 Å². The number of hydrogen-bond acceptors (Lipinski definition) is 7. The van der Waals surface area contributed by atoms with Gasteiger partial charge < -0.3 is 24.7 Å². The first-order chi connectivity index (χ1) is 15.0. The predicted molar refractivity (Wildman–Crippen MR) is 120 cm³/mol. The molecule has 31 heavy (non-hydrogen) atoms. The van der Waals surface area contributed by atoms with Crippen molar-refractivity contribution in [3.63, 3.8) is 0 Å². The summed E-state index contributed by atoms with van der Waals surface area (Å²) >= 11 is 0. The van der Waals surface area contributed by atoms with Crippen molar-refractivity contribution >= 4 is 23.2 Å². The minimum absolute atomic E-state index is 0.305. The zero-order valence-electron chi connectivity index (χ0n) is 18.4. The third-order valence-corrected chi connectivity index (χ3v) is 5.38. The van der Waals surface area contributed by atoms with Crippen molar-refractivity contribution < 1.29 is 9.53 Å². The van der Waals surface area contributed by atoms with Crippen LogP contribution in [0.5, 0.6) is 5.75 Å². The van der Waals surface area contributed by atoms with Crippen molar-refractivity contribution in [2.75, 3.05) is 29.9 Å². The monoisotopic (exact) mass is 423 g/mol. The van der Waals surface area contributed by atoms with E-state index in [1.165, 1.54) is 0 Å². The molecule has 1 saturated heterocycles. The highest BCUT2D eigenvalue weighted by Gasteiger charge is 2.24. The Bertz CT molecular complexity index is 1060. The molecule has 2 N–H and O–H groups in total. The van der Waals surface area contributed by atoms with Gasteiger partial charge in [0.1, 0.15) is 11.4 Å². The van der Waals surface area contributed by atoms with Crippen LogP contribution >= 0.6 is 0 Å². The average molecular weight is 424 g/mol. The Morgan fingerprint density at radius 2 is 2.10 bits per heavy atom. The molecule has 0 aliphatic carbocycles. The summed E-state index contributed by atoms with van der Waals surface area (Å²) in [7, 11) is 0. The van der Waals surface area contributed by atoms with Gasteiger partial charge in [-0.25, -0.2) is 4.98 Å². The zero-order chi connectivity index (χ0) is 22.0. The number of aromatic nitrogens is 4. The summed E-state index contributed by atoms with van der Waals surface area (Å²) in [6.07, 6.45) is 4.66. The van der Waals surface area contributed by atoms with Crippen LogP contribution in [0, 0.1) is 6.92 Å². The maximum Gasteiger partial charge on any atom is 0.262 e.